The molecule has 0 unspecified atom stereocenters. The Hall–Kier alpha value is -2.60. The van der Waals surface area contributed by atoms with Crippen molar-refractivity contribution in [1.82, 2.24) is 15.6 Å². The lowest BCUT2D eigenvalue weighted by molar-refractivity contribution is -0.115. The molecule has 3 N–H and O–H groups in total. The summed E-state index contributed by atoms with van der Waals surface area (Å²) in [4.78, 5) is 19.9. The van der Waals surface area contributed by atoms with Gasteiger partial charge < -0.3 is 16.0 Å². The van der Waals surface area contributed by atoms with E-state index in [2.05, 4.69) is 25.9 Å². The van der Waals surface area contributed by atoms with Gasteiger partial charge in [0.25, 0.3) is 0 Å². The third-order valence-corrected chi connectivity index (χ3v) is 3.36. The molecule has 0 saturated carbocycles. The van der Waals surface area contributed by atoms with Crippen molar-refractivity contribution in [2.75, 3.05) is 18.9 Å². The molecule has 0 bridgehead atoms. The summed E-state index contributed by atoms with van der Waals surface area (Å²) >= 11 is 6.10. The molecule has 1 aromatic heterocycles. The number of carbonyl (C=O) groups is 1. The number of pyridine rings is 1. The molecule has 120 valence electrons. The van der Waals surface area contributed by atoms with Crippen molar-refractivity contribution >= 4 is 29.2 Å². The monoisotopic (exact) mass is 331 g/mol. The van der Waals surface area contributed by atoms with Crippen molar-refractivity contribution < 1.29 is 4.79 Å². The normalized spacial score (nSPS) is 11.0. The molecule has 6 nitrogen and oxygen atoms in total. The lowest BCUT2D eigenvalue weighted by Crippen LogP contribution is -2.41. The number of halogens is 1. The van der Waals surface area contributed by atoms with E-state index < -0.39 is 0 Å². The summed E-state index contributed by atoms with van der Waals surface area (Å²) in [5.41, 5.74) is 1.61. The van der Waals surface area contributed by atoms with Crippen molar-refractivity contribution in [3.8, 4) is 0 Å². The number of guanidine groups is 1. The number of nitrogens with zero attached hydrogens (tertiary/aromatic N) is 2. The second-order valence-corrected chi connectivity index (χ2v) is 5.07. The first-order chi connectivity index (χ1) is 11.2. The third kappa shape index (κ3) is 5.60. The molecule has 0 atom stereocenters. The van der Waals surface area contributed by atoms with E-state index in [1.54, 1.807) is 31.6 Å². The first-order valence-electron chi connectivity index (χ1n) is 7.07. The van der Waals surface area contributed by atoms with Crippen molar-refractivity contribution in [3.05, 3.63) is 59.4 Å². The predicted octanol–water partition coefficient (Wildman–Crippen LogP) is 2.04. The average molecular weight is 332 g/mol. The number of benzene rings is 1. The highest BCUT2D eigenvalue weighted by Gasteiger charge is 2.05. The summed E-state index contributed by atoms with van der Waals surface area (Å²) in [6, 6.07) is 11.1. The van der Waals surface area contributed by atoms with Crippen LogP contribution in [0.4, 0.5) is 5.69 Å². The van der Waals surface area contributed by atoms with Gasteiger partial charge in [0.05, 0.1) is 18.4 Å². The molecule has 23 heavy (non-hydrogen) atoms. The number of hydrogen-bond donors (Lipinski definition) is 3. The molecule has 0 aliphatic rings. The fourth-order valence-electron chi connectivity index (χ4n) is 1.85. The molecule has 0 aliphatic heterocycles. The van der Waals surface area contributed by atoms with E-state index in [0.29, 0.717) is 23.2 Å². The number of amides is 1. The lowest BCUT2D eigenvalue weighted by atomic mass is 10.2. The molecule has 0 fully saturated rings. The second-order valence-electron chi connectivity index (χ2n) is 4.66. The Balaban J connectivity index is 1.79. The van der Waals surface area contributed by atoms with Gasteiger partial charge in [0.15, 0.2) is 5.96 Å². The zero-order valence-electron chi connectivity index (χ0n) is 12.7. The van der Waals surface area contributed by atoms with E-state index in [9.17, 15) is 4.79 Å². The topological polar surface area (TPSA) is 78.4 Å². The highest BCUT2D eigenvalue weighted by Crippen LogP contribution is 2.14. The van der Waals surface area contributed by atoms with E-state index >= 15 is 0 Å². The minimum Gasteiger partial charge on any atom is -0.352 e. The molecule has 1 aromatic carbocycles. The van der Waals surface area contributed by atoms with E-state index in [-0.39, 0.29) is 12.5 Å². The number of carbonyl (C=O) groups excluding carboxylic acids is 1. The summed E-state index contributed by atoms with van der Waals surface area (Å²) < 4.78 is 0. The van der Waals surface area contributed by atoms with Gasteiger partial charge in [0.1, 0.15) is 0 Å². The van der Waals surface area contributed by atoms with Crippen LogP contribution in [0.25, 0.3) is 0 Å². The number of aromatic nitrogens is 1. The quantitative estimate of drug-likeness (QED) is 0.578. The van der Waals surface area contributed by atoms with Gasteiger partial charge in [0, 0.05) is 24.8 Å². The minimum absolute atomic E-state index is 0.0943. The summed E-state index contributed by atoms with van der Waals surface area (Å²) in [6.45, 7) is 0.612. The van der Waals surface area contributed by atoms with Crippen LogP contribution < -0.4 is 16.0 Å². The largest absolute Gasteiger partial charge is 0.352 e. The average Bonchev–Trinajstić information content (AvgIpc) is 2.57. The van der Waals surface area contributed by atoms with Crippen LogP contribution in [-0.2, 0) is 11.3 Å². The zero-order valence-corrected chi connectivity index (χ0v) is 13.5. The van der Waals surface area contributed by atoms with Crippen LogP contribution in [-0.4, -0.2) is 30.4 Å². The van der Waals surface area contributed by atoms with Gasteiger partial charge in [-0.2, -0.15) is 0 Å². The van der Waals surface area contributed by atoms with Crippen LogP contribution in [0.1, 0.15) is 5.56 Å². The number of aliphatic imine (C=N–C) groups is 1. The SMILES string of the molecule is CN=C(NCC(=O)Nc1cccnc1)NCc1ccccc1Cl. The molecule has 1 amide bonds. The molecule has 0 spiro atoms. The van der Waals surface area contributed by atoms with Crippen LogP contribution in [0.3, 0.4) is 0 Å². The summed E-state index contributed by atoms with van der Waals surface area (Å²) in [6.07, 6.45) is 3.23. The van der Waals surface area contributed by atoms with Crippen LogP contribution in [0.15, 0.2) is 53.8 Å². The van der Waals surface area contributed by atoms with E-state index in [1.165, 1.54) is 0 Å². The minimum atomic E-state index is -0.182. The Bertz CT molecular complexity index is 675. The summed E-state index contributed by atoms with van der Waals surface area (Å²) in [5, 5.41) is 9.47. The number of hydrogen-bond acceptors (Lipinski definition) is 3. The predicted molar refractivity (Wildman–Crippen MR) is 92.5 cm³/mol. The number of rotatable bonds is 5. The van der Waals surface area contributed by atoms with Gasteiger partial charge in [-0.25, -0.2) is 0 Å². The number of anilines is 1. The molecular weight excluding hydrogens is 314 g/mol. The molecule has 1 heterocycles. The molecular formula is C16H18ClN5O. The van der Waals surface area contributed by atoms with Crippen molar-refractivity contribution in [2.45, 2.75) is 6.54 Å². The van der Waals surface area contributed by atoms with Gasteiger partial charge in [-0.05, 0) is 23.8 Å². The van der Waals surface area contributed by atoms with Crippen LogP contribution in [0.2, 0.25) is 5.02 Å². The molecule has 2 aromatic rings. The van der Waals surface area contributed by atoms with Gasteiger partial charge >= 0.3 is 0 Å². The van der Waals surface area contributed by atoms with Crippen molar-refractivity contribution in [1.29, 1.82) is 0 Å². The standard InChI is InChI=1S/C16H18ClN5O/c1-18-16(20-9-12-5-2-3-7-14(12)17)21-11-15(23)22-13-6-4-8-19-10-13/h2-8,10H,9,11H2,1H3,(H,22,23)(H2,18,20,21). The van der Waals surface area contributed by atoms with Gasteiger partial charge in [-0.1, -0.05) is 29.8 Å². The Kier molecular flexibility index (Phi) is 6.38. The second kappa shape index (κ2) is 8.75. The molecule has 0 saturated heterocycles. The highest BCUT2D eigenvalue weighted by molar-refractivity contribution is 6.31. The van der Waals surface area contributed by atoms with Crippen LogP contribution in [0, 0.1) is 0 Å². The molecule has 7 heteroatoms. The summed E-state index contributed by atoms with van der Waals surface area (Å²) in [5.74, 6) is 0.338. The first-order valence-corrected chi connectivity index (χ1v) is 7.44. The first kappa shape index (κ1) is 16.8. The Morgan fingerprint density at radius 2 is 2.04 bits per heavy atom. The van der Waals surface area contributed by atoms with Crippen LogP contribution >= 0.6 is 11.6 Å². The number of nitrogens with one attached hydrogen (secondary N) is 3. The third-order valence-electron chi connectivity index (χ3n) is 2.99. The molecule has 0 aliphatic carbocycles. The summed E-state index contributed by atoms with van der Waals surface area (Å²) in [7, 11) is 1.64. The fraction of sp³-hybridized carbons (Fsp3) is 0.188. The Morgan fingerprint density at radius 3 is 2.74 bits per heavy atom. The van der Waals surface area contributed by atoms with Gasteiger partial charge in [0.2, 0.25) is 5.91 Å². The Labute approximate surface area is 140 Å². The maximum absolute atomic E-state index is 11.9. The van der Waals surface area contributed by atoms with E-state index in [4.69, 9.17) is 11.6 Å². The zero-order chi connectivity index (χ0) is 16.5. The maximum atomic E-state index is 11.9. The molecule has 0 radical (unpaired) electrons. The van der Waals surface area contributed by atoms with Gasteiger partial charge in [-0.15, -0.1) is 0 Å². The smallest absolute Gasteiger partial charge is 0.243 e. The van der Waals surface area contributed by atoms with Crippen molar-refractivity contribution in [3.63, 3.8) is 0 Å². The van der Waals surface area contributed by atoms with E-state index in [1.807, 2.05) is 24.3 Å². The lowest BCUT2D eigenvalue weighted by Gasteiger charge is -2.12. The fourth-order valence-corrected chi connectivity index (χ4v) is 2.05. The van der Waals surface area contributed by atoms with E-state index in [0.717, 1.165) is 5.56 Å². The highest BCUT2D eigenvalue weighted by atomic mass is 35.5. The molecule has 2 rings (SSSR count). The van der Waals surface area contributed by atoms with Gasteiger partial charge in [-0.3, -0.25) is 14.8 Å². The van der Waals surface area contributed by atoms with Crippen LogP contribution in [0.5, 0.6) is 0 Å². The Morgan fingerprint density at radius 1 is 1.22 bits per heavy atom. The van der Waals surface area contributed by atoms with Crippen molar-refractivity contribution in [2.24, 2.45) is 4.99 Å². The maximum Gasteiger partial charge on any atom is 0.243 e.